The van der Waals surface area contributed by atoms with Crippen LogP contribution in [0.5, 0.6) is 0 Å². The van der Waals surface area contributed by atoms with Gasteiger partial charge in [0.05, 0.1) is 5.69 Å². The first kappa shape index (κ1) is 17.3. The van der Waals surface area contributed by atoms with E-state index >= 15 is 0 Å². The number of pyridine rings is 1. The van der Waals surface area contributed by atoms with E-state index in [9.17, 15) is 0 Å². The van der Waals surface area contributed by atoms with Crippen LogP contribution >= 0.6 is 39.1 Å². The third-order valence-corrected chi connectivity index (χ3v) is 4.59. The summed E-state index contributed by atoms with van der Waals surface area (Å²) in [5, 5.41) is 9.15. The number of aromatic nitrogens is 3. The third-order valence-electron chi connectivity index (χ3n) is 3.56. The van der Waals surface area contributed by atoms with Gasteiger partial charge in [0.15, 0.2) is 0 Å². The molecule has 0 unspecified atom stereocenters. The molecule has 1 N–H and O–H groups in total. The van der Waals surface area contributed by atoms with Crippen molar-refractivity contribution in [1.29, 1.82) is 0 Å². The van der Waals surface area contributed by atoms with Crippen molar-refractivity contribution in [3.05, 3.63) is 74.1 Å². The smallest absolute Gasteiger partial charge is 0.149 e. The molecule has 0 radical (unpaired) electrons. The SMILES string of the molecule is Cc1cc(C)n([C@H](Nc2ccc(Br)cn2)c2ccc(Cl)cc2Cl)n1. The molecule has 1 atom stereocenters. The predicted octanol–water partition coefficient (Wildman–Crippen LogP) is 5.62. The first-order chi connectivity index (χ1) is 11.4. The van der Waals surface area contributed by atoms with Crippen molar-refractivity contribution in [2.75, 3.05) is 5.32 Å². The number of hydrogen-bond acceptors (Lipinski definition) is 3. The molecule has 0 aliphatic heterocycles. The molecule has 0 bridgehead atoms. The fourth-order valence-electron chi connectivity index (χ4n) is 2.50. The lowest BCUT2D eigenvalue weighted by molar-refractivity contribution is 0.556. The Bertz CT molecular complexity index is 862. The molecule has 0 saturated heterocycles. The van der Waals surface area contributed by atoms with Crippen LogP contribution in [0.4, 0.5) is 5.82 Å². The van der Waals surface area contributed by atoms with Crippen molar-refractivity contribution in [3.8, 4) is 0 Å². The predicted molar refractivity (Wildman–Crippen MR) is 102 cm³/mol. The second-order valence-corrected chi connectivity index (χ2v) is 7.21. The van der Waals surface area contributed by atoms with Crippen LogP contribution in [0.15, 0.2) is 47.1 Å². The first-order valence-electron chi connectivity index (χ1n) is 7.30. The summed E-state index contributed by atoms with van der Waals surface area (Å²) in [5.41, 5.74) is 2.83. The molecular formula is C17H15BrCl2N4. The zero-order chi connectivity index (χ0) is 17.3. The summed E-state index contributed by atoms with van der Waals surface area (Å²) in [4.78, 5) is 4.38. The molecule has 0 spiro atoms. The maximum absolute atomic E-state index is 6.43. The van der Waals surface area contributed by atoms with Crippen molar-refractivity contribution in [1.82, 2.24) is 14.8 Å². The zero-order valence-corrected chi connectivity index (χ0v) is 16.2. The summed E-state index contributed by atoms with van der Waals surface area (Å²) in [6.45, 7) is 3.97. The number of nitrogens with one attached hydrogen (secondary N) is 1. The summed E-state index contributed by atoms with van der Waals surface area (Å²) in [6.07, 6.45) is 1.45. The number of nitrogens with zero attached hydrogens (tertiary/aromatic N) is 3. The Labute approximate surface area is 158 Å². The van der Waals surface area contributed by atoms with E-state index in [0.717, 1.165) is 27.2 Å². The highest BCUT2D eigenvalue weighted by Gasteiger charge is 2.20. The van der Waals surface area contributed by atoms with Crippen LogP contribution in [0.3, 0.4) is 0 Å². The van der Waals surface area contributed by atoms with E-state index in [1.807, 2.05) is 48.9 Å². The Hall–Kier alpha value is -1.56. The fraction of sp³-hybridized carbons (Fsp3) is 0.176. The Morgan fingerprint density at radius 1 is 1.12 bits per heavy atom. The molecule has 0 aliphatic rings. The van der Waals surface area contributed by atoms with Gasteiger partial charge in [0, 0.05) is 32.0 Å². The van der Waals surface area contributed by atoms with E-state index in [4.69, 9.17) is 23.2 Å². The van der Waals surface area contributed by atoms with Crippen LogP contribution in [0.1, 0.15) is 23.1 Å². The molecule has 0 saturated carbocycles. The van der Waals surface area contributed by atoms with Crippen LogP contribution in [0.25, 0.3) is 0 Å². The molecule has 24 heavy (non-hydrogen) atoms. The molecule has 1 aromatic carbocycles. The second-order valence-electron chi connectivity index (χ2n) is 5.45. The molecule has 2 heterocycles. The summed E-state index contributed by atoms with van der Waals surface area (Å²) in [7, 11) is 0. The van der Waals surface area contributed by atoms with E-state index in [1.54, 1.807) is 12.3 Å². The molecule has 0 aliphatic carbocycles. The molecule has 0 fully saturated rings. The fourth-order valence-corrected chi connectivity index (χ4v) is 3.25. The number of halogens is 3. The molecule has 4 nitrogen and oxygen atoms in total. The number of benzene rings is 1. The van der Waals surface area contributed by atoms with Crippen LogP contribution in [-0.4, -0.2) is 14.8 Å². The molecule has 7 heteroatoms. The van der Waals surface area contributed by atoms with Crippen molar-refractivity contribution >= 4 is 44.9 Å². The second kappa shape index (κ2) is 7.13. The van der Waals surface area contributed by atoms with Crippen molar-refractivity contribution in [3.63, 3.8) is 0 Å². The lowest BCUT2D eigenvalue weighted by atomic mass is 10.1. The van der Waals surface area contributed by atoms with Gasteiger partial charge in [-0.05, 0) is 60.1 Å². The number of aryl methyl sites for hydroxylation is 2. The Balaban J connectivity index is 2.06. The summed E-state index contributed by atoms with van der Waals surface area (Å²) in [5.74, 6) is 0.724. The minimum Gasteiger partial charge on any atom is -0.345 e. The minimum absolute atomic E-state index is 0.294. The van der Waals surface area contributed by atoms with Crippen LogP contribution < -0.4 is 5.32 Å². The van der Waals surface area contributed by atoms with Gasteiger partial charge >= 0.3 is 0 Å². The maximum Gasteiger partial charge on any atom is 0.149 e. The number of rotatable bonds is 4. The highest BCUT2D eigenvalue weighted by atomic mass is 79.9. The Morgan fingerprint density at radius 2 is 1.92 bits per heavy atom. The average molecular weight is 426 g/mol. The Kier molecular flexibility index (Phi) is 5.13. The van der Waals surface area contributed by atoms with Gasteiger partial charge in [-0.15, -0.1) is 0 Å². The summed E-state index contributed by atoms with van der Waals surface area (Å²) >= 11 is 15.9. The molecule has 0 amide bonds. The van der Waals surface area contributed by atoms with Gasteiger partial charge in [-0.1, -0.05) is 29.3 Å². The zero-order valence-electron chi connectivity index (χ0n) is 13.1. The summed E-state index contributed by atoms with van der Waals surface area (Å²) in [6, 6.07) is 11.3. The molecule has 2 aromatic heterocycles. The van der Waals surface area contributed by atoms with Gasteiger partial charge in [0.25, 0.3) is 0 Å². The van der Waals surface area contributed by atoms with E-state index in [2.05, 4.69) is 31.3 Å². The van der Waals surface area contributed by atoms with Crippen molar-refractivity contribution < 1.29 is 0 Å². The van der Waals surface area contributed by atoms with Crippen LogP contribution in [-0.2, 0) is 0 Å². The monoisotopic (exact) mass is 424 g/mol. The van der Waals surface area contributed by atoms with E-state index in [1.165, 1.54) is 0 Å². The van der Waals surface area contributed by atoms with E-state index in [0.29, 0.717) is 10.0 Å². The lowest BCUT2D eigenvalue weighted by Gasteiger charge is -2.23. The van der Waals surface area contributed by atoms with Gasteiger partial charge in [-0.25, -0.2) is 9.67 Å². The highest BCUT2D eigenvalue weighted by molar-refractivity contribution is 9.10. The van der Waals surface area contributed by atoms with Crippen molar-refractivity contribution in [2.24, 2.45) is 0 Å². The van der Waals surface area contributed by atoms with Crippen LogP contribution in [0, 0.1) is 13.8 Å². The molecular weight excluding hydrogens is 411 g/mol. The quantitative estimate of drug-likeness (QED) is 0.589. The minimum atomic E-state index is -0.294. The summed E-state index contributed by atoms with van der Waals surface area (Å²) < 4.78 is 2.81. The van der Waals surface area contributed by atoms with Gasteiger partial charge < -0.3 is 5.32 Å². The molecule has 3 rings (SSSR count). The first-order valence-corrected chi connectivity index (χ1v) is 8.85. The number of hydrogen-bond donors (Lipinski definition) is 1. The van der Waals surface area contributed by atoms with Gasteiger partial charge in [0.1, 0.15) is 12.0 Å². The van der Waals surface area contributed by atoms with E-state index in [-0.39, 0.29) is 6.17 Å². The standard InChI is InChI=1S/C17H15BrCl2N4/c1-10-7-11(2)24(23-10)17(14-5-4-13(19)8-15(14)20)22-16-6-3-12(18)9-21-16/h3-9,17H,1-2H3,(H,21,22)/t17-/m0/s1. The highest BCUT2D eigenvalue weighted by Crippen LogP contribution is 2.30. The van der Waals surface area contributed by atoms with Crippen molar-refractivity contribution in [2.45, 2.75) is 20.0 Å². The Morgan fingerprint density at radius 3 is 2.50 bits per heavy atom. The van der Waals surface area contributed by atoms with E-state index < -0.39 is 0 Å². The topological polar surface area (TPSA) is 42.7 Å². The van der Waals surface area contributed by atoms with Crippen LogP contribution in [0.2, 0.25) is 10.0 Å². The van der Waals surface area contributed by atoms with Gasteiger partial charge in [-0.3, -0.25) is 0 Å². The average Bonchev–Trinajstić information content (AvgIpc) is 2.86. The number of anilines is 1. The molecule has 124 valence electrons. The maximum atomic E-state index is 6.43. The normalized spacial score (nSPS) is 12.2. The largest absolute Gasteiger partial charge is 0.345 e. The molecule has 3 aromatic rings. The van der Waals surface area contributed by atoms with Gasteiger partial charge in [-0.2, -0.15) is 5.10 Å². The van der Waals surface area contributed by atoms with Gasteiger partial charge in [0.2, 0.25) is 0 Å². The lowest BCUT2D eigenvalue weighted by Crippen LogP contribution is -2.23. The third kappa shape index (κ3) is 3.74.